The van der Waals surface area contributed by atoms with Crippen molar-refractivity contribution in [2.75, 3.05) is 7.05 Å². The Bertz CT molecular complexity index is 1020. The lowest BCUT2D eigenvalue weighted by molar-refractivity contribution is 1.10. The van der Waals surface area contributed by atoms with Crippen molar-refractivity contribution in [2.24, 2.45) is 9.98 Å². The number of hydrogen-bond acceptors (Lipinski definition) is 6. The minimum absolute atomic E-state index is 0.632. The molecule has 4 rings (SSSR count). The molecule has 0 aliphatic carbocycles. The normalized spacial score (nSPS) is 16.7. The average molecular weight is 331 g/mol. The number of benzene rings is 1. The highest BCUT2D eigenvalue weighted by Gasteiger charge is 2.27. The lowest BCUT2D eigenvalue weighted by Gasteiger charge is -2.06. The van der Waals surface area contributed by atoms with Gasteiger partial charge in [-0.15, -0.1) is 0 Å². The number of hydrogen-bond donors (Lipinski definition) is 0. The maximum absolute atomic E-state index is 4.74. The Labute approximate surface area is 143 Å². The van der Waals surface area contributed by atoms with Gasteiger partial charge in [-0.3, -0.25) is 15.0 Å². The molecular formula is C18H13N5S. The van der Waals surface area contributed by atoms with E-state index in [1.54, 1.807) is 13.2 Å². The van der Waals surface area contributed by atoms with Crippen molar-refractivity contribution in [1.82, 2.24) is 15.0 Å². The average Bonchev–Trinajstić information content (AvgIpc) is 2.98. The van der Waals surface area contributed by atoms with E-state index >= 15 is 0 Å². The van der Waals surface area contributed by atoms with Crippen LogP contribution in [0, 0.1) is 0 Å². The molecule has 1 aliphatic heterocycles. The van der Waals surface area contributed by atoms with Gasteiger partial charge < -0.3 is 0 Å². The molecule has 2 aromatic heterocycles. The van der Waals surface area contributed by atoms with E-state index < -0.39 is 0 Å². The Morgan fingerprint density at radius 2 is 2.04 bits per heavy atom. The van der Waals surface area contributed by atoms with Crippen LogP contribution in [-0.2, 0) is 0 Å². The van der Waals surface area contributed by atoms with E-state index in [4.69, 9.17) is 4.98 Å². The van der Waals surface area contributed by atoms with Crippen molar-refractivity contribution in [3.8, 4) is 11.4 Å². The fourth-order valence-corrected chi connectivity index (χ4v) is 3.53. The zero-order valence-corrected chi connectivity index (χ0v) is 13.8. The van der Waals surface area contributed by atoms with Crippen molar-refractivity contribution < 1.29 is 0 Å². The van der Waals surface area contributed by atoms with Crippen LogP contribution < -0.4 is 0 Å². The van der Waals surface area contributed by atoms with Crippen molar-refractivity contribution in [2.45, 2.75) is 4.90 Å². The van der Waals surface area contributed by atoms with E-state index in [1.807, 2.05) is 36.5 Å². The molecule has 1 aromatic carbocycles. The monoisotopic (exact) mass is 331 g/mol. The smallest absolute Gasteiger partial charge is 0.162 e. The number of pyridine rings is 1. The summed E-state index contributed by atoms with van der Waals surface area (Å²) in [7, 11) is 1.75. The molecule has 0 amide bonds. The van der Waals surface area contributed by atoms with Crippen molar-refractivity contribution >= 4 is 33.4 Å². The second-order valence-corrected chi connectivity index (χ2v) is 6.11. The number of aromatic nitrogens is 3. The van der Waals surface area contributed by atoms with E-state index in [9.17, 15) is 0 Å². The van der Waals surface area contributed by atoms with Crippen LogP contribution in [0.25, 0.3) is 22.3 Å². The Kier molecular flexibility index (Phi) is 3.66. The summed E-state index contributed by atoms with van der Waals surface area (Å²) >= 11 is 1.52. The Morgan fingerprint density at radius 3 is 2.88 bits per heavy atom. The highest BCUT2D eigenvalue weighted by Crippen LogP contribution is 2.34. The highest BCUT2D eigenvalue weighted by atomic mass is 32.2. The summed E-state index contributed by atoms with van der Waals surface area (Å²) in [5.41, 5.74) is 3.32. The van der Waals surface area contributed by atoms with Crippen LogP contribution in [-0.4, -0.2) is 32.8 Å². The summed E-state index contributed by atoms with van der Waals surface area (Å²) < 4.78 is 0. The third-order valence-corrected chi connectivity index (χ3v) is 4.77. The van der Waals surface area contributed by atoms with Gasteiger partial charge in [0.05, 0.1) is 10.4 Å². The van der Waals surface area contributed by atoms with Gasteiger partial charge >= 0.3 is 0 Å². The van der Waals surface area contributed by atoms with E-state index in [-0.39, 0.29) is 0 Å². The van der Waals surface area contributed by atoms with Crippen LogP contribution in [0.2, 0.25) is 0 Å². The third kappa shape index (κ3) is 2.32. The number of nitrogens with zero attached hydrogens (tertiary/aromatic N) is 5. The fourth-order valence-electron chi connectivity index (χ4n) is 2.64. The van der Waals surface area contributed by atoms with Gasteiger partial charge in [0.2, 0.25) is 0 Å². The van der Waals surface area contributed by atoms with Crippen molar-refractivity contribution in [3.05, 3.63) is 61.2 Å². The summed E-state index contributed by atoms with van der Waals surface area (Å²) in [5.74, 6) is 0.632. The maximum atomic E-state index is 4.74. The van der Waals surface area contributed by atoms with Gasteiger partial charge in [0.1, 0.15) is 16.4 Å². The Balaban J connectivity index is 1.92. The van der Waals surface area contributed by atoms with Crippen LogP contribution in [0.5, 0.6) is 0 Å². The van der Waals surface area contributed by atoms with Crippen molar-refractivity contribution in [1.29, 1.82) is 0 Å². The van der Waals surface area contributed by atoms with Gasteiger partial charge in [-0.1, -0.05) is 36.5 Å². The largest absolute Gasteiger partial charge is 0.279 e. The van der Waals surface area contributed by atoms with Gasteiger partial charge in [0, 0.05) is 36.6 Å². The maximum Gasteiger partial charge on any atom is 0.162 e. The second kappa shape index (κ2) is 5.98. The zero-order chi connectivity index (χ0) is 16.5. The van der Waals surface area contributed by atoms with Gasteiger partial charge in [0.15, 0.2) is 5.82 Å². The molecule has 0 radical (unpaired) electrons. The summed E-state index contributed by atoms with van der Waals surface area (Å²) in [6.07, 6.45) is 5.11. The number of rotatable bonds is 2. The SMILES string of the molecule is C=C/N=C1\C(=N/C)Sc2cnc(-c3cccc4cccnc34)nc21. The van der Waals surface area contributed by atoms with Crippen LogP contribution in [0.15, 0.2) is 70.4 Å². The quantitative estimate of drug-likeness (QED) is 0.717. The molecule has 0 N–H and O–H groups in total. The molecule has 0 saturated carbocycles. The van der Waals surface area contributed by atoms with Crippen LogP contribution >= 0.6 is 11.8 Å². The molecule has 24 heavy (non-hydrogen) atoms. The first kappa shape index (κ1) is 14.7. The fraction of sp³-hybridized carbons (Fsp3) is 0.0556. The molecule has 1 aliphatic rings. The molecular weight excluding hydrogens is 318 g/mol. The molecule has 5 nitrogen and oxygen atoms in total. The third-order valence-electron chi connectivity index (χ3n) is 3.69. The van der Waals surface area contributed by atoms with Crippen LogP contribution in [0.1, 0.15) is 5.69 Å². The molecule has 0 fully saturated rings. The first-order chi connectivity index (χ1) is 11.8. The molecule has 0 spiro atoms. The highest BCUT2D eigenvalue weighted by molar-refractivity contribution is 8.16. The minimum Gasteiger partial charge on any atom is -0.279 e. The predicted octanol–water partition coefficient (Wildman–Crippen LogP) is 3.76. The van der Waals surface area contributed by atoms with Crippen molar-refractivity contribution in [3.63, 3.8) is 0 Å². The topological polar surface area (TPSA) is 63.4 Å². The van der Waals surface area contributed by atoms with Gasteiger partial charge in [-0.2, -0.15) is 0 Å². The molecule has 0 bridgehead atoms. The molecule has 0 atom stereocenters. The Hall–Kier alpha value is -2.86. The van der Waals surface area contributed by atoms with Gasteiger partial charge in [0.25, 0.3) is 0 Å². The number of fused-ring (bicyclic) bond motifs is 2. The summed E-state index contributed by atoms with van der Waals surface area (Å²) in [5, 5.41) is 1.89. The standard InChI is InChI=1S/C18H13N5S/c1-3-20-16-15-13(24-18(16)19-2)10-22-17(23-15)12-8-4-6-11-7-5-9-21-14(11)12/h3-10H,1H2,2H3/b19-18+,20-16-. The molecule has 3 aromatic rings. The van der Waals surface area contributed by atoms with Gasteiger partial charge in [-0.25, -0.2) is 9.97 Å². The molecule has 3 heterocycles. The zero-order valence-electron chi connectivity index (χ0n) is 13.0. The molecule has 116 valence electrons. The van der Waals surface area contributed by atoms with E-state index in [0.29, 0.717) is 5.82 Å². The van der Waals surface area contributed by atoms with E-state index in [1.165, 1.54) is 18.0 Å². The first-order valence-electron chi connectivity index (χ1n) is 7.37. The summed E-state index contributed by atoms with van der Waals surface area (Å²) in [6.45, 7) is 3.68. The number of aliphatic imine (C=N–C) groups is 2. The number of para-hydroxylation sites is 1. The van der Waals surface area contributed by atoms with Crippen LogP contribution in [0.4, 0.5) is 0 Å². The lowest BCUT2D eigenvalue weighted by Crippen LogP contribution is -2.08. The first-order valence-corrected chi connectivity index (χ1v) is 8.18. The van der Waals surface area contributed by atoms with Gasteiger partial charge in [-0.05, 0) is 12.1 Å². The lowest BCUT2D eigenvalue weighted by atomic mass is 10.1. The molecule has 0 saturated heterocycles. The minimum atomic E-state index is 0.632. The predicted molar refractivity (Wildman–Crippen MR) is 98.7 cm³/mol. The van der Waals surface area contributed by atoms with Crippen LogP contribution in [0.3, 0.4) is 0 Å². The summed E-state index contributed by atoms with van der Waals surface area (Å²) in [6, 6.07) is 9.95. The molecule has 0 unspecified atom stereocenters. The molecule has 6 heteroatoms. The van der Waals surface area contributed by atoms with E-state index in [0.717, 1.165) is 37.8 Å². The van der Waals surface area contributed by atoms with E-state index in [2.05, 4.69) is 26.5 Å². The second-order valence-electron chi connectivity index (χ2n) is 5.08. The summed E-state index contributed by atoms with van der Waals surface area (Å²) in [4.78, 5) is 23.3. The Morgan fingerprint density at radius 1 is 1.17 bits per heavy atom. The number of thioether (sulfide) groups is 1.